The first kappa shape index (κ1) is 12.6. The summed E-state index contributed by atoms with van der Waals surface area (Å²) in [6.07, 6.45) is 1.18. The molecule has 2 rings (SSSR count). The van der Waals surface area contributed by atoms with Crippen LogP contribution in [0.5, 0.6) is 0 Å². The first-order valence-corrected chi connectivity index (χ1v) is 6.47. The molecule has 0 N–H and O–H groups in total. The number of likely N-dealkylation sites (tertiary alicyclic amines) is 1. The number of halogens is 1. The molecular formula is C14H18ClNO. The summed E-state index contributed by atoms with van der Waals surface area (Å²) in [6, 6.07) is 7.77. The molecule has 3 heteroatoms. The first-order chi connectivity index (χ1) is 8.08. The Morgan fingerprint density at radius 3 is 2.71 bits per heavy atom. The highest BCUT2D eigenvalue weighted by molar-refractivity contribution is 6.34. The summed E-state index contributed by atoms with van der Waals surface area (Å²) in [4.78, 5) is 14.4. The summed E-state index contributed by atoms with van der Waals surface area (Å²) in [5.74, 6) is 0.806. The fourth-order valence-electron chi connectivity index (χ4n) is 2.56. The van der Waals surface area contributed by atoms with E-state index < -0.39 is 0 Å². The Labute approximate surface area is 108 Å². The lowest BCUT2D eigenvalue weighted by Gasteiger charge is -2.20. The lowest BCUT2D eigenvalue weighted by Crippen LogP contribution is -2.32. The zero-order valence-electron chi connectivity index (χ0n) is 10.3. The van der Waals surface area contributed by atoms with E-state index in [9.17, 15) is 4.79 Å². The van der Waals surface area contributed by atoms with Gasteiger partial charge in [0.2, 0.25) is 0 Å². The second-order valence-corrected chi connectivity index (χ2v) is 5.43. The van der Waals surface area contributed by atoms with Crippen LogP contribution < -0.4 is 0 Å². The third kappa shape index (κ3) is 2.88. The minimum atomic E-state index is 0.122. The van der Waals surface area contributed by atoms with Gasteiger partial charge in [-0.15, -0.1) is 0 Å². The fourth-order valence-corrected chi connectivity index (χ4v) is 2.80. The Morgan fingerprint density at radius 1 is 1.41 bits per heavy atom. The van der Waals surface area contributed by atoms with Crippen molar-refractivity contribution in [1.29, 1.82) is 0 Å². The molecule has 17 heavy (non-hydrogen) atoms. The predicted molar refractivity (Wildman–Crippen MR) is 70.6 cm³/mol. The summed E-state index contributed by atoms with van der Waals surface area (Å²) in [7, 11) is 0. The van der Waals surface area contributed by atoms with Crippen LogP contribution in [0.1, 0.15) is 30.6 Å². The van der Waals surface area contributed by atoms with Crippen molar-refractivity contribution in [2.24, 2.45) is 5.92 Å². The molecule has 92 valence electrons. The number of carbonyl (C=O) groups is 1. The van der Waals surface area contributed by atoms with Gasteiger partial charge in [-0.05, 0) is 31.4 Å². The van der Waals surface area contributed by atoms with E-state index in [1.807, 2.05) is 12.1 Å². The highest BCUT2D eigenvalue weighted by atomic mass is 35.5. The molecule has 1 saturated heterocycles. The molecule has 1 aliphatic heterocycles. The Balaban J connectivity index is 2.05. The number of rotatable bonds is 3. The molecule has 2 nitrogen and oxygen atoms in total. The van der Waals surface area contributed by atoms with Crippen LogP contribution in [0.2, 0.25) is 5.02 Å². The Bertz CT molecular complexity index is 418. The third-order valence-corrected chi connectivity index (χ3v) is 3.76. The van der Waals surface area contributed by atoms with E-state index in [1.165, 1.54) is 6.42 Å². The molecule has 0 bridgehead atoms. The van der Waals surface area contributed by atoms with Gasteiger partial charge in [-0.25, -0.2) is 0 Å². The standard InChI is InChI=1S/C14H18ClNO/c1-10-7-11(2)16(8-10)9-14(17)12-5-3-4-6-13(12)15/h3-6,10-11H,7-9H2,1-2H3. The molecule has 1 aromatic carbocycles. The van der Waals surface area contributed by atoms with Crippen LogP contribution in [0.25, 0.3) is 0 Å². The highest BCUT2D eigenvalue weighted by Crippen LogP contribution is 2.23. The molecule has 0 radical (unpaired) electrons. The van der Waals surface area contributed by atoms with Crippen LogP contribution in [0.4, 0.5) is 0 Å². The normalized spacial score (nSPS) is 25.1. The minimum Gasteiger partial charge on any atom is -0.293 e. The number of nitrogens with zero attached hydrogens (tertiary/aromatic N) is 1. The molecule has 2 atom stereocenters. The van der Waals surface area contributed by atoms with Gasteiger partial charge in [0.15, 0.2) is 5.78 Å². The van der Waals surface area contributed by atoms with Crippen LogP contribution in [0.15, 0.2) is 24.3 Å². The molecule has 0 aliphatic carbocycles. The van der Waals surface area contributed by atoms with Gasteiger partial charge in [0.1, 0.15) is 0 Å². The summed E-state index contributed by atoms with van der Waals surface area (Å²) in [5.41, 5.74) is 0.640. The molecule has 0 aromatic heterocycles. The van der Waals surface area contributed by atoms with Crippen LogP contribution >= 0.6 is 11.6 Å². The van der Waals surface area contributed by atoms with Gasteiger partial charge in [-0.3, -0.25) is 9.69 Å². The van der Waals surface area contributed by atoms with Gasteiger partial charge in [0, 0.05) is 18.2 Å². The lowest BCUT2D eigenvalue weighted by molar-refractivity contribution is 0.0925. The maximum atomic E-state index is 12.1. The van der Waals surface area contributed by atoms with Gasteiger partial charge >= 0.3 is 0 Å². The fraction of sp³-hybridized carbons (Fsp3) is 0.500. The molecule has 0 amide bonds. The summed E-state index contributed by atoms with van der Waals surface area (Å²) in [6.45, 7) is 5.91. The van der Waals surface area contributed by atoms with Crippen molar-refractivity contribution in [2.75, 3.05) is 13.1 Å². The van der Waals surface area contributed by atoms with E-state index >= 15 is 0 Å². The van der Waals surface area contributed by atoms with E-state index in [0.717, 1.165) is 6.54 Å². The van der Waals surface area contributed by atoms with E-state index in [0.29, 0.717) is 29.1 Å². The van der Waals surface area contributed by atoms with Gasteiger partial charge in [-0.2, -0.15) is 0 Å². The van der Waals surface area contributed by atoms with E-state index in [2.05, 4.69) is 18.7 Å². The number of hydrogen-bond acceptors (Lipinski definition) is 2. The van der Waals surface area contributed by atoms with Crippen LogP contribution in [-0.4, -0.2) is 29.8 Å². The average Bonchev–Trinajstić information content (AvgIpc) is 2.58. The van der Waals surface area contributed by atoms with Gasteiger partial charge < -0.3 is 0 Å². The Morgan fingerprint density at radius 2 is 2.12 bits per heavy atom. The number of Topliss-reactive ketones (excluding diaryl/α,β-unsaturated/α-hetero) is 1. The smallest absolute Gasteiger partial charge is 0.178 e. The van der Waals surface area contributed by atoms with Crippen LogP contribution in [-0.2, 0) is 0 Å². The zero-order chi connectivity index (χ0) is 12.4. The van der Waals surface area contributed by atoms with Crippen molar-refractivity contribution >= 4 is 17.4 Å². The van der Waals surface area contributed by atoms with Gasteiger partial charge in [-0.1, -0.05) is 30.7 Å². The Kier molecular flexibility index (Phi) is 3.85. The third-order valence-electron chi connectivity index (χ3n) is 3.43. The molecule has 2 unspecified atom stereocenters. The molecule has 0 spiro atoms. The van der Waals surface area contributed by atoms with Crippen molar-refractivity contribution < 1.29 is 4.79 Å². The van der Waals surface area contributed by atoms with Crippen molar-refractivity contribution in [3.63, 3.8) is 0 Å². The Hall–Kier alpha value is -0.860. The largest absolute Gasteiger partial charge is 0.293 e. The van der Waals surface area contributed by atoms with Crippen molar-refractivity contribution in [2.45, 2.75) is 26.3 Å². The summed E-state index contributed by atoms with van der Waals surface area (Å²) >= 11 is 6.03. The molecule has 1 fully saturated rings. The van der Waals surface area contributed by atoms with E-state index in [4.69, 9.17) is 11.6 Å². The van der Waals surface area contributed by atoms with Crippen molar-refractivity contribution in [1.82, 2.24) is 4.90 Å². The zero-order valence-corrected chi connectivity index (χ0v) is 11.1. The lowest BCUT2D eigenvalue weighted by atomic mass is 10.1. The topological polar surface area (TPSA) is 20.3 Å². The maximum Gasteiger partial charge on any atom is 0.178 e. The monoisotopic (exact) mass is 251 g/mol. The predicted octanol–water partition coefficient (Wildman–Crippen LogP) is 3.25. The van der Waals surface area contributed by atoms with Crippen molar-refractivity contribution in [3.8, 4) is 0 Å². The molecule has 1 aliphatic rings. The van der Waals surface area contributed by atoms with Crippen LogP contribution in [0.3, 0.4) is 0 Å². The number of ketones is 1. The molecular weight excluding hydrogens is 234 g/mol. The summed E-state index contributed by atoms with van der Waals surface area (Å²) in [5, 5.41) is 0.553. The number of hydrogen-bond donors (Lipinski definition) is 0. The first-order valence-electron chi connectivity index (χ1n) is 6.09. The molecule has 1 heterocycles. The van der Waals surface area contributed by atoms with Gasteiger partial charge in [0.25, 0.3) is 0 Å². The highest BCUT2D eigenvalue weighted by Gasteiger charge is 2.27. The molecule has 1 aromatic rings. The van der Waals surface area contributed by atoms with E-state index in [1.54, 1.807) is 12.1 Å². The average molecular weight is 252 g/mol. The summed E-state index contributed by atoms with van der Waals surface area (Å²) < 4.78 is 0. The molecule has 0 saturated carbocycles. The number of carbonyl (C=O) groups excluding carboxylic acids is 1. The van der Waals surface area contributed by atoms with Crippen molar-refractivity contribution in [3.05, 3.63) is 34.9 Å². The number of benzene rings is 1. The minimum absolute atomic E-state index is 0.122. The van der Waals surface area contributed by atoms with E-state index in [-0.39, 0.29) is 5.78 Å². The van der Waals surface area contributed by atoms with Gasteiger partial charge in [0.05, 0.1) is 11.6 Å². The maximum absolute atomic E-state index is 12.1. The second kappa shape index (κ2) is 5.19. The quantitative estimate of drug-likeness (QED) is 0.769. The SMILES string of the molecule is CC1CC(C)N(CC(=O)c2ccccc2Cl)C1. The second-order valence-electron chi connectivity index (χ2n) is 5.02. The van der Waals surface area contributed by atoms with Crippen LogP contribution in [0, 0.1) is 5.92 Å².